The molecule has 260 valence electrons. The summed E-state index contributed by atoms with van der Waals surface area (Å²) >= 11 is 10.7. The Morgan fingerprint density at radius 3 is 1.90 bits per heavy atom. The van der Waals surface area contributed by atoms with E-state index in [0.717, 1.165) is 66.7 Å². The number of esters is 4. The van der Waals surface area contributed by atoms with Gasteiger partial charge in [0, 0.05) is 26.1 Å². The molecule has 0 N–H and O–H groups in total. The summed E-state index contributed by atoms with van der Waals surface area (Å²) in [5, 5.41) is 1.03. The van der Waals surface area contributed by atoms with Gasteiger partial charge in [0.1, 0.15) is 29.4 Å². The summed E-state index contributed by atoms with van der Waals surface area (Å²) in [4.78, 5) is 70.8. The van der Waals surface area contributed by atoms with Crippen LogP contribution in [0.5, 0.6) is 5.75 Å². The topological polar surface area (TPSA) is 135 Å². The fourth-order valence-electron chi connectivity index (χ4n) is 6.04. The molecule has 0 radical (unpaired) electrons. The van der Waals surface area contributed by atoms with Crippen LogP contribution in [0, 0.1) is 0 Å². The standard InChI is InChI=1S/C34H28ClNO10S4/c1-33(2)27-20(17-14-15(42-3)12-13-18(17)36(33)28(37)24-22(35)16-10-8-9-11-19(16)47-24)34(21(29(38)43-4)23(48-27)30(39)44-5)49-25(31(40)45-6)26(50-34)32(41)46-7/h8-14H,1-7H3. The highest BCUT2D eigenvalue weighted by Gasteiger charge is 2.62. The lowest BCUT2D eigenvalue weighted by molar-refractivity contribution is -0.138. The number of benzene rings is 2. The molecule has 1 aromatic heterocycles. The number of ether oxygens (including phenoxy) is 5. The van der Waals surface area contributed by atoms with Gasteiger partial charge in [-0.05, 0) is 38.1 Å². The monoisotopic (exact) mass is 773 g/mol. The van der Waals surface area contributed by atoms with E-state index in [1.165, 1.54) is 25.6 Å². The molecule has 16 heteroatoms. The highest BCUT2D eigenvalue weighted by Crippen LogP contribution is 2.71. The van der Waals surface area contributed by atoms with Gasteiger partial charge >= 0.3 is 23.9 Å². The van der Waals surface area contributed by atoms with Crippen molar-refractivity contribution in [3.63, 3.8) is 0 Å². The van der Waals surface area contributed by atoms with Crippen LogP contribution in [-0.2, 0) is 38.1 Å². The number of hydrogen-bond acceptors (Lipinski definition) is 14. The van der Waals surface area contributed by atoms with Crippen molar-refractivity contribution in [1.29, 1.82) is 0 Å². The van der Waals surface area contributed by atoms with Gasteiger partial charge in [-0.15, -0.1) is 11.3 Å². The van der Waals surface area contributed by atoms with Gasteiger partial charge in [0.25, 0.3) is 5.91 Å². The second-order valence-electron chi connectivity index (χ2n) is 11.3. The molecule has 3 aliphatic heterocycles. The van der Waals surface area contributed by atoms with Gasteiger partial charge < -0.3 is 23.7 Å². The third-order valence-corrected chi connectivity index (χ3v) is 14.6. The SMILES string of the molecule is COC(=O)C1=C(C(=O)OC)SC2(S1)C(C(=O)OC)=C(C(=O)OC)SC1=C2c2cc(OC)ccc2N(C(=O)c2sc3ccccc3c2Cl)C1(C)C. The van der Waals surface area contributed by atoms with E-state index in [1.807, 2.05) is 24.3 Å². The van der Waals surface area contributed by atoms with E-state index in [2.05, 4.69) is 0 Å². The van der Waals surface area contributed by atoms with Crippen molar-refractivity contribution in [2.45, 2.75) is 23.5 Å². The summed E-state index contributed by atoms with van der Waals surface area (Å²) in [6.45, 7) is 3.60. The molecule has 3 aliphatic rings. The number of hydrogen-bond donors (Lipinski definition) is 0. The lowest BCUT2D eigenvalue weighted by atomic mass is 9.83. The first-order valence-electron chi connectivity index (χ1n) is 14.6. The molecular weight excluding hydrogens is 746 g/mol. The van der Waals surface area contributed by atoms with Crippen LogP contribution in [0.25, 0.3) is 15.7 Å². The quantitative estimate of drug-likeness (QED) is 0.192. The second-order valence-corrected chi connectivity index (χ2v) is 16.4. The first kappa shape index (κ1) is 35.9. The van der Waals surface area contributed by atoms with Crippen molar-refractivity contribution in [1.82, 2.24) is 0 Å². The normalized spacial score (nSPS) is 17.4. The minimum Gasteiger partial charge on any atom is -0.497 e. The van der Waals surface area contributed by atoms with Gasteiger partial charge in [0.05, 0.1) is 57.4 Å². The molecule has 1 amide bonds. The Kier molecular flexibility index (Phi) is 9.58. The zero-order valence-corrected chi connectivity index (χ0v) is 31.6. The van der Waals surface area contributed by atoms with Gasteiger partial charge in [0.2, 0.25) is 0 Å². The van der Waals surface area contributed by atoms with Crippen LogP contribution in [0.2, 0.25) is 5.02 Å². The summed E-state index contributed by atoms with van der Waals surface area (Å²) in [6.07, 6.45) is 0. The number of thiophene rings is 1. The van der Waals surface area contributed by atoms with Crippen LogP contribution in [0.3, 0.4) is 0 Å². The van der Waals surface area contributed by atoms with E-state index in [0.29, 0.717) is 37.4 Å². The number of anilines is 1. The Morgan fingerprint density at radius 1 is 0.760 bits per heavy atom. The Hall–Kier alpha value is -3.89. The third kappa shape index (κ3) is 5.32. The van der Waals surface area contributed by atoms with Crippen molar-refractivity contribution < 1.29 is 47.7 Å². The van der Waals surface area contributed by atoms with Crippen molar-refractivity contribution in [3.05, 3.63) is 83.1 Å². The van der Waals surface area contributed by atoms with Crippen LogP contribution < -0.4 is 9.64 Å². The molecule has 1 spiro atoms. The molecule has 11 nitrogen and oxygen atoms in total. The van der Waals surface area contributed by atoms with Crippen LogP contribution in [0.1, 0.15) is 29.1 Å². The van der Waals surface area contributed by atoms with Crippen LogP contribution >= 0.6 is 58.2 Å². The van der Waals surface area contributed by atoms with E-state index < -0.39 is 39.4 Å². The Balaban J connectivity index is 1.70. The molecule has 0 saturated carbocycles. The number of nitrogens with zero attached hydrogens (tertiary/aromatic N) is 1. The highest BCUT2D eigenvalue weighted by atomic mass is 35.5. The van der Waals surface area contributed by atoms with Gasteiger partial charge in [-0.25, -0.2) is 19.2 Å². The molecule has 3 aromatic rings. The molecule has 0 saturated heterocycles. The maximum absolute atomic E-state index is 14.8. The minimum absolute atomic E-state index is 0.147. The largest absolute Gasteiger partial charge is 0.497 e. The first-order valence-corrected chi connectivity index (χ1v) is 18.3. The molecule has 0 unspecified atom stereocenters. The second kappa shape index (κ2) is 13.3. The van der Waals surface area contributed by atoms with Crippen molar-refractivity contribution >= 4 is 109 Å². The van der Waals surface area contributed by atoms with Crippen LogP contribution in [0.4, 0.5) is 5.69 Å². The predicted molar refractivity (Wildman–Crippen MR) is 195 cm³/mol. The molecule has 50 heavy (non-hydrogen) atoms. The van der Waals surface area contributed by atoms with Crippen LogP contribution in [-0.4, -0.2) is 75.0 Å². The lowest BCUT2D eigenvalue weighted by Crippen LogP contribution is -2.53. The molecule has 6 rings (SSSR count). The Bertz CT molecular complexity index is 2100. The van der Waals surface area contributed by atoms with Crippen molar-refractivity contribution in [2.24, 2.45) is 0 Å². The number of halogens is 1. The van der Waals surface area contributed by atoms with E-state index in [-0.39, 0.29) is 20.3 Å². The number of amides is 1. The molecule has 0 aliphatic carbocycles. The highest BCUT2D eigenvalue weighted by molar-refractivity contribution is 8.26. The number of thioether (sulfide) groups is 3. The minimum atomic E-state index is -1.73. The molecular formula is C34H28ClNO10S4. The summed E-state index contributed by atoms with van der Waals surface area (Å²) in [7, 11) is 6.12. The number of methoxy groups -OCH3 is 5. The Morgan fingerprint density at radius 2 is 1.34 bits per heavy atom. The number of rotatable bonds is 6. The molecule has 2 aromatic carbocycles. The average molecular weight is 774 g/mol. The number of carbonyl (C=O) groups excluding carboxylic acids is 5. The van der Waals surface area contributed by atoms with E-state index >= 15 is 0 Å². The predicted octanol–water partition coefficient (Wildman–Crippen LogP) is 6.79. The molecule has 4 heterocycles. The van der Waals surface area contributed by atoms with Crippen LogP contribution in [0.15, 0.2) is 67.7 Å². The molecule has 0 bridgehead atoms. The number of fused-ring (bicyclic) bond motifs is 4. The maximum Gasteiger partial charge on any atom is 0.345 e. The maximum atomic E-state index is 14.8. The van der Waals surface area contributed by atoms with Gasteiger partial charge in [0.15, 0.2) is 0 Å². The summed E-state index contributed by atoms with van der Waals surface area (Å²) in [5.41, 5.74) is -0.144. The Labute approximate surface area is 308 Å². The summed E-state index contributed by atoms with van der Waals surface area (Å²) in [5.74, 6) is -3.50. The zero-order chi connectivity index (χ0) is 36.3. The zero-order valence-electron chi connectivity index (χ0n) is 27.6. The van der Waals surface area contributed by atoms with Gasteiger partial charge in [-0.1, -0.05) is 65.1 Å². The van der Waals surface area contributed by atoms with Gasteiger partial charge in [-0.2, -0.15) is 0 Å². The van der Waals surface area contributed by atoms with Gasteiger partial charge in [-0.3, -0.25) is 9.69 Å². The van der Waals surface area contributed by atoms with E-state index in [1.54, 1.807) is 36.9 Å². The van der Waals surface area contributed by atoms with E-state index in [9.17, 15) is 24.0 Å². The summed E-state index contributed by atoms with van der Waals surface area (Å²) < 4.78 is 25.3. The van der Waals surface area contributed by atoms with Crippen molar-refractivity contribution in [3.8, 4) is 5.75 Å². The molecule has 0 atom stereocenters. The first-order chi connectivity index (χ1) is 23.8. The van der Waals surface area contributed by atoms with E-state index in [4.69, 9.17) is 35.3 Å². The fourth-order valence-corrected chi connectivity index (χ4v) is 12.5. The smallest absolute Gasteiger partial charge is 0.345 e. The average Bonchev–Trinajstić information content (AvgIpc) is 3.68. The van der Waals surface area contributed by atoms with Crippen molar-refractivity contribution in [2.75, 3.05) is 40.4 Å². The third-order valence-electron chi connectivity index (χ3n) is 8.28. The summed E-state index contributed by atoms with van der Waals surface area (Å²) in [6, 6.07) is 12.5. The number of carbonyl (C=O) groups is 5. The fraction of sp³-hybridized carbons (Fsp3) is 0.265. The molecule has 0 fully saturated rings. The lowest BCUT2D eigenvalue weighted by Gasteiger charge is -2.50.